The topological polar surface area (TPSA) is 58.4 Å². The first-order chi connectivity index (χ1) is 7.02. The van der Waals surface area contributed by atoms with Crippen molar-refractivity contribution in [1.29, 1.82) is 0 Å². The molecule has 1 aromatic carbocycles. The molecule has 0 aliphatic heterocycles. The summed E-state index contributed by atoms with van der Waals surface area (Å²) in [5, 5.41) is 1.46. The minimum absolute atomic E-state index is 0.192. The average Bonchev–Trinajstić information content (AvgIpc) is 2.16. The van der Waals surface area contributed by atoms with Crippen molar-refractivity contribution in [1.82, 2.24) is 10.4 Å². The molecule has 0 aliphatic carbocycles. The van der Waals surface area contributed by atoms with Crippen LogP contribution >= 0.6 is 0 Å². The summed E-state index contributed by atoms with van der Waals surface area (Å²) in [4.78, 5) is 11.5. The first-order valence-electron chi connectivity index (χ1n) is 4.50. The monoisotopic (exact) mass is 211 g/mol. The van der Waals surface area contributed by atoms with Gasteiger partial charge in [0, 0.05) is 19.7 Å². The van der Waals surface area contributed by atoms with Gasteiger partial charge < -0.3 is 5.73 Å². The predicted molar refractivity (Wildman–Crippen MR) is 55.2 cm³/mol. The van der Waals surface area contributed by atoms with Crippen molar-refractivity contribution in [2.24, 2.45) is 5.73 Å². The highest BCUT2D eigenvalue weighted by atomic mass is 19.1. The molecule has 0 fully saturated rings. The molecule has 0 bridgehead atoms. The summed E-state index contributed by atoms with van der Waals surface area (Å²) in [5.41, 5.74) is 8.27. The van der Waals surface area contributed by atoms with Crippen LogP contribution in [0.4, 0.5) is 4.39 Å². The largest absolute Gasteiger partial charge is 0.316 e. The number of nitrogens with two attached hydrogens (primary N) is 1. The predicted octanol–water partition coefficient (Wildman–Crippen LogP) is 0.418. The fourth-order valence-electron chi connectivity index (χ4n) is 1.16. The Kier molecular flexibility index (Phi) is 3.76. The van der Waals surface area contributed by atoms with Crippen LogP contribution in [0.3, 0.4) is 0 Å². The zero-order valence-electron chi connectivity index (χ0n) is 8.70. The number of rotatable bonds is 3. The van der Waals surface area contributed by atoms with Gasteiger partial charge >= 0.3 is 0 Å². The van der Waals surface area contributed by atoms with Crippen LogP contribution < -0.4 is 11.2 Å². The van der Waals surface area contributed by atoms with E-state index in [9.17, 15) is 9.18 Å². The van der Waals surface area contributed by atoms with Crippen molar-refractivity contribution < 1.29 is 9.18 Å². The molecule has 0 saturated heterocycles. The molecule has 0 radical (unpaired) electrons. The first-order valence-corrected chi connectivity index (χ1v) is 4.50. The van der Waals surface area contributed by atoms with Gasteiger partial charge in [-0.1, -0.05) is 18.2 Å². The maximum Gasteiger partial charge on any atom is 0.255 e. The van der Waals surface area contributed by atoms with Crippen LogP contribution in [-0.2, 0) is 4.79 Å². The minimum Gasteiger partial charge on any atom is -0.316 e. The molecule has 0 spiro atoms. The summed E-state index contributed by atoms with van der Waals surface area (Å²) < 4.78 is 13.3. The fraction of sp³-hybridized carbons (Fsp3) is 0.300. The summed E-state index contributed by atoms with van der Waals surface area (Å²) in [6.07, 6.45) is 0. The van der Waals surface area contributed by atoms with E-state index in [4.69, 9.17) is 5.73 Å². The van der Waals surface area contributed by atoms with E-state index in [1.165, 1.54) is 17.1 Å². The second-order valence-corrected chi connectivity index (χ2v) is 3.37. The van der Waals surface area contributed by atoms with E-state index in [0.29, 0.717) is 0 Å². The normalized spacial score (nSPS) is 12.6. The maximum atomic E-state index is 13.3. The third-order valence-corrected chi connectivity index (χ3v) is 1.86. The zero-order valence-corrected chi connectivity index (χ0v) is 8.70. The molecule has 4 nitrogen and oxygen atoms in total. The van der Waals surface area contributed by atoms with Gasteiger partial charge in [0.05, 0.1) is 0 Å². The van der Waals surface area contributed by atoms with E-state index in [1.807, 2.05) is 0 Å². The van der Waals surface area contributed by atoms with E-state index in [1.54, 1.807) is 26.2 Å². The van der Waals surface area contributed by atoms with Crippen LogP contribution in [0, 0.1) is 5.82 Å². The van der Waals surface area contributed by atoms with Crippen molar-refractivity contribution in [2.45, 2.75) is 6.04 Å². The highest BCUT2D eigenvalue weighted by molar-refractivity contribution is 5.82. The number of halogens is 1. The number of carbonyl (C=O) groups excluding carboxylic acids is 1. The Morgan fingerprint density at radius 3 is 2.60 bits per heavy atom. The van der Waals surface area contributed by atoms with Gasteiger partial charge in [-0.15, -0.1) is 0 Å². The second kappa shape index (κ2) is 4.86. The van der Waals surface area contributed by atoms with Crippen molar-refractivity contribution >= 4 is 5.91 Å². The van der Waals surface area contributed by atoms with Gasteiger partial charge in [-0.05, 0) is 6.07 Å². The number of hydrazine groups is 1. The summed E-state index contributed by atoms with van der Waals surface area (Å²) in [7, 11) is 3.32. The summed E-state index contributed by atoms with van der Waals surface area (Å²) >= 11 is 0. The molecular weight excluding hydrogens is 197 g/mol. The van der Waals surface area contributed by atoms with E-state index >= 15 is 0 Å². The Morgan fingerprint density at radius 2 is 2.07 bits per heavy atom. The molecule has 1 atom stereocenters. The van der Waals surface area contributed by atoms with Crippen LogP contribution in [0.15, 0.2) is 24.3 Å². The summed E-state index contributed by atoms with van der Waals surface area (Å²) in [6.45, 7) is 0. The molecule has 0 aromatic heterocycles. The Bertz CT molecular complexity index is 354. The Labute approximate surface area is 87.8 Å². The number of amides is 1. The van der Waals surface area contributed by atoms with E-state index < -0.39 is 17.8 Å². The van der Waals surface area contributed by atoms with E-state index in [0.717, 1.165) is 0 Å². The van der Waals surface area contributed by atoms with Crippen LogP contribution in [0.25, 0.3) is 0 Å². The molecule has 5 heteroatoms. The van der Waals surface area contributed by atoms with Gasteiger partial charge in [-0.2, -0.15) is 0 Å². The lowest BCUT2D eigenvalue weighted by Gasteiger charge is -2.16. The van der Waals surface area contributed by atoms with Gasteiger partial charge in [0.1, 0.15) is 11.9 Å². The van der Waals surface area contributed by atoms with Gasteiger partial charge in [0.2, 0.25) is 0 Å². The third kappa shape index (κ3) is 3.00. The molecule has 15 heavy (non-hydrogen) atoms. The number of hydrogen-bond donors (Lipinski definition) is 2. The molecule has 82 valence electrons. The van der Waals surface area contributed by atoms with Gasteiger partial charge in [-0.3, -0.25) is 10.2 Å². The van der Waals surface area contributed by atoms with Crippen LogP contribution in [0.1, 0.15) is 11.6 Å². The molecule has 0 saturated carbocycles. The van der Waals surface area contributed by atoms with Crippen LogP contribution in [0.5, 0.6) is 0 Å². The average molecular weight is 211 g/mol. The zero-order chi connectivity index (χ0) is 11.4. The van der Waals surface area contributed by atoms with Crippen molar-refractivity contribution in [3.63, 3.8) is 0 Å². The fourth-order valence-corrected chi connectivity index (χ4v) is 1.16. The molecule has 1 unspecified atom stereocenters. The standard InChI is InChI=1S/C10H14FN3O/c1-14(2)13-10(15)9(12)7-5-3-4-6-8(7)11/h3-6,9H,12H2,1-2H3,(H,13,15). The van der Waals surface area contributed by atoms with Crippen LogP contribution in [0.2, 0.25) is 0 Å². The molecule has 1 amide bonds. The number of benzene rings is 1. The lowest BCUT2D eigenvalue weighted by atomic mass is 10.1. The van der Waals surface area contributed by atoms with E-state index in [-0.39, 0.29) is 5.56 Å². The van der Waals surface area contributed by atoms with Gasteiger partial charge in [-0.25, -0.2) is 9.40 Å². The number of carbonyl (C=O) groups is 1. The van der Waals surface area contributed by atoms with Gasteiger partial charge in [0.15, 0.2) is 0 Å². The van der Waals surface area contributed by atoms with E-state index in [2.05, 4.69) is 5.43 Å². The van der Waals surface area contributed by atoms with Gasteiger partial charge in [0.25, 0.3) is 5.91 Å². The number of hydrogen-bond acceptors (Lipinski definition) is 3. The van der Waals surface area contributed by atoms with Crippen molar-refractivity contribution in [3.05, 3.63) is 35.6 Å². The molecule has 0 aliphatic rings. The maximum absolute atomic E-state index is 13.3. The quantitative estimate of drug-likeness (QED) is 0.712. The SMILES string of the molecule is CN(C)NC(=O)C(N)c1ccccc1F. The third-order valence-electron chi connectivity index (χ3n) is 1.86. The lowest BCUT2D eigenvalue weighted by molar-refractivity contribution is -0.126. The Morgan fingerprint density at radius 1 is 1.47 bits per heavy atom. The van der Waals surface area contributed by atoms with Crippen molar-refractivity contribution in [3.8, 4) is 0 Å². The molecule has 1 aromatic rings. The summed E-state index contributed by atoms with van der Waals surface area (Å²) in [6, 6.07) is 4.97. The van der Waals surface area contributed by atoms with Crippen molar-refractivity contribution in [2.75, 3.05) is 14.1 Å². The second-order valence-electron chi connectivity index (χ2n) is 3.37. The molecule has 0 heterocycles. The molecule has 1 rings (SSSR count). The molecule has 3 N–H and O–H groups in total. The highest BCUT2D eigenvalue weighted by Crippen LogP contribution is 2.14. The number of nitrogens with zero attached hydrogens (tertiary/aromatic N) is 1. The lowest BCUT2D eigenvalue weighted by Crippen LogP contribution is -2.42. The van der Waals surface area contributed by atoms with Crippen LogP contribution in [-0.4, -0.2) is 25.0 Å². The molecular formula is C10H14FN3O. The summed E-state index contributed by atoms with van der Waals surface area (Å²) in [5.74, 6) is -0.913. The number of nitrogens with one attached hydrogen (secondary N) is 1. The first kappa shape index (κ1) is 11.6. The highest BCUT2D eigenvalue weighted by Gasteiger charge is 2.18. The Hall–Kier alpha value is -1.46. The minimum atomic E-state index is -0.992. The smallest absolute Gasteiger partial charge is 0.255 e. The Balaban J connectivity index is 2.81.